The van der Waals surface area contributed by atoms with Gasteiger partial charge in [0.05, 0.1) is 12.2 Å². The van der Waals surface area contributed by atoms with Crippen molar-refractivity contribution in [2.45, 2.75) is 13.5 Å². The van der Waals surface area contributed by atoms with E-state index in [1.165, 1.54) is 17.5 Å². The van der Waals surface area contributed by atoms with E-state index in [1.807, 2.05) is 36.6 Å². The Kier molecular flexibility index (Phi) is 5.74. The number of hydrogen-bond donors (Lipinski definition) is 2. The predicted octanol–water partition coefficient (Wildman–Crippen LogP) is 4.45. The van der Waals surface area contributed by atoms with Gasteiger partial charge >= 0.3 is 0 Å². The van der Waals surface area contributed by atoms with Gasteiger partial charge in [-0.25, -0.2) is 9.97 Å². The van der Waals surface area contributed by atoms with E-state index in [9.17, 15) is 9.59 Å². The Morgan fingerprint density at radius 1 is 1.17 bits per heavy atom. The highest BCUT2D eigenvalue weighted by molar-refractivity contribution is 7.13. The molecule has 0 atom stereocenters. The Bertz CT molecular complexity index is 1260. The Labute approximate surface area is 181 Å². The monoisotopic (exact) mass is 436 g/mol. The minimum Gasteiger partial charge on any atom is -0.346 e. The van der Waals surface area contributed by atoms with Gasteiger partial charge in [-0.3, -0.25) is 9.59 Å². The summed E-state index contributed by atoms with van der Waals surface area (Å²) in [6, 6.07) is 14.9. The summed E-state index contributed by atoms with van der Waals surface area (Å²) in [7, 11) is 0. The van der Waals surface area contributed by atoms with E-state index in [1.54, 1.807) is 24.3 Å². The number of aryl methyl sites for hydroxylation is 1. The third-order valence-electron chi connectivity index (χ3n) is 4.52. The first kappa shape index (κ1) is 20.0. The SMILES string of the molecule is Cc1ccccc1-c1nc(CNC(=O)c2cnc(-c3ccc(Cl)cc3)[nH]c2=O)cs1. The van der Waals surface area contributed by atoms with Crippen molar-refractivity contribution >= 4 is 28.8 Å². The molecular weight excluding hydrogens is 420 g/mol. The number of H-pyrrole nitrogens is 1. The average Bonchev–Trinajstić information content (AvgIpc) is 3.21. The number of carbonyl (C=O) groups is 1. The van der Waals surface area contributed by atoms with E-state index < -0.39 is 11.5 Å². The van der Waals surface area contributed by atoms with Crippen molar-refractivity contribution in [3.8, 4) is 22.0 Å². The molecule has 4 aromatic rings. The van der Waals surface area contributed by atoms with Crippen molar-refractivity contribution in [2.24, 2.45) is 0 Å². The van der Waals surface area contributed by atoms with Gasteiger partial charge in [0.1, 0.15) is 16.4 Å². The molecule has 0 aliphatic carbocycles. The molecule has 0 saturated carbocycles. The standard InChI is InChI=1S/C22H17ClN4O2S/c1-13-4-2-3-5-17(13)22-26-16(12-30-22)10-25-20(28)18-11-24-19(27-21(18)29)14-6-8-15(23)9-7-14/h2-9,11-12H,10H2,1H3,(H,25,28)(H,24,27,29). The fourth-order valence-corrected chi connectivity index (χ4v) is 3.94. The highest BCUT2D eigenvalue weighted by Crippen LogP contribution is 2.26. The molecule has 2 aromatic heterocycles. The maximum Gasteiger partial charge on any atom is 0.264 e. The van der Waals surface area contributed by atoms with Crippen molar-refractivity contribution < 1.29 is 4.79 Å². The second kappa shape index (κ2) is 8.61. The molecule has 0 bridgehead atoms. The first-order valence-electron chi connectivity index (χ1n) is 9.15. The Balaban J connectivity index is 1.45. The first-order valence-corrected chi connectivity index (χ1v) is 10.4. The lowest BCUT2D eigenvalue weighted by Crippen LogP contribution is -2.29. The first-order chi connectivity index (χ1) is 14.5. The van der Waals surface area contributed by atoms with Crippen LogP contribution in [0.3, 0.4) is 0 Å². The highest BCUT2D eigenvalue weighted by atomic mass is 35.5. The molecular formula is C22H17ClN4O2S. The largest absolute Gasteiger partial charge is 0.346 e. The van der Waals surface area contributed by atoms with Gasteiger partial charge in [0.15, 0.2) is 0 Å². The smallest absolute Gasteiger partial charge is 0.264 e. The van der Waals surface area contributed by atoms with E-state index in [2.05, 4.69) is 20.3 Å². The van der Waals surface area contributed by atoms with Gasteiger partial charge in [0.25, 0.3) is 11.5 Å². The molecule has 2 heterocycles. The zero-order valence-corrected chi connectivity index (χ0v) is 17.6. The number of benzene rings is 2. The second-order valence-corrected chi connectivity index (χ2v) is 7.92. The maximum atomic E-state index is 12.4. The number of carbonyl (C=O) groups excluding carboxylic acids is 1. The van der Waals surface area contributed by atoms with Crippen molar-refractivity contribution in [1.29, 1.82) is 0 Å². The van der Waals surface area contributed by atoms with Crippen LogP contribution in [0.1, 0.15) is 21.6 Å². The molecule has 0 aliphatic rings. The summed E-state index contributed by atoms with van der Waals surface area (Å²) in [6.07, 6.45) is 1.28. The van der Waals surface area contributed by atoms with Gasteiger partial charge in [-0.05, 0) is 36.8 Å². The Morgan fingerprint density at radius 3 is 2.67 bits per heavy atom. The molecule has 4 rings (SSSR count). The van der Waals surface area contributed by atoms with E-state index in [0.29, 0.717) is 16.4 Å². The Hall–Kier alpha value is -3.29. The normalized spacial score (nSPS) is 10.7. The Morgan fingerprint density at radius 2 is 1.93 bits per heavy atom. The molecule has 0 unspecified atom stereocenters. The lowest BCUT2D eigenvalue weighted by Gasteiger charge is -2.05. The molecule has 0 aliphatic heterocycles. The van der Waals surface area contributed by atoms with Crippen LogP contribution >= 0.6 is 22.9 Å². The molecule has 8 heteroatoms. The quantitative estimate of drug-likeness (QED) is 0.483. The summed E-state index contributed by atoms with van der Waals surface area (Å²) < 4.78 is 0. The minimum absolute atomic E-state index is 0.0536. The fraction of sp³-hybridized carbons (Fsp3) is 0.0909. The zero-order valence-electron chi connectivity index (χ0n) is 16.0. The van der Waals surface area contributed by atoms with Crippen molar-refractivity contribution in [2.75, 3.05) is 0 Å². The zero-order chi connectivity index (χ0) is 21.1. The average molecular weight is 437 g/mol. The maximum absolute atomic E-state index is 12.4. The van der Waals surface area contributed by atoms with Crippen LogP contribution in [0.15, 0.2) is 64.9 Å². The number of hydrogen-bond acceptors (Lipinski definition) is 5. The van der Waals surface area contributed by atoms with Crippen LogP contribution in [0.5, 0.6) is 0 Å². The molecule has 6 nitrogen and oxygen atoms in total. The topological polar surface area (TPSA) is 87.7 Å². The summed E-state index contributed by atoms with van der Waals surface area (Å²) in [6.45, 7) is 2.25. The third kappa shape index (κ3) is 4.32. The molecule has 0 fully saturated rings. The molecule has 2 aromatic carbocycles. The molecule has 0 spiro atoms. The van der Waals surface area contributed by atoms with Crippen LogP contribution < -0.4 is 10.9 Å². The summed E-state index contributed by atoms with van der Waals surface area (Å²) in [4.78, 5) is 36.2. The van der Waals surface area contributed by atoms with Crippen LogP contribution in [0.2, 0.25) is 5.02 Å². The number of nitrogens with one attached hydrogen (secondary N) is 2. The van der Waals surface area contributed by atoms with Crippen LogP contribution in [0.4, 0.5) is 0 Å². The number of aromatic nitrogens is 3. The van der Waals surface area contributed by atoms with Crippen LogP contribution in [0, 0.1) is 6.92 Å². The van der Waals surface area contributed by atoms with Gasteiger partial charge in [0, 0.05) is 27.7 Å². The van der Waals surface area contributed by atoms with E-state index in [4.69, 9.17) is 11.6 Å². The van der Waals surface area contributed by atoms with Crippen molar-refractivity contribution in [3.05, 3.63) is 92.3 Å². The minimum atomic E-state index is -0.508. The van der Waals surface area contributed by atoms with Crippen LogP contribution in [0.25, 0.3) is 22.0 Å². The molecule has 150 valence electrons. The molecule has 30 heavy (non-hydrogen) atoms. The molecule has 0 saturated heterocycles. The summed E-state index contributed by atoms with van der Waals surface area (Å²) in [5, 5.41) is 6.11. The van der Waals surface area contributed by atoms with E-state index in [0.717, 1.165) is 21.8 Å². The third-order valence-corrected chi connectivity index (χ3v) is 5.70. The number of aromatic amines is 1. The van der Waals surface area contributed by atoms with Gasteiger partial charge in [-0.15, -0.1) is 11.3 Å². The summed E-state index contributed by atoms with van der Waals surface area (Å²) >= 11 is 7.39. The molecule has 0 radical (unpaired) electrons. The lowest BCUT2D eigenvalue weighted by molar-refractivity contribution is 0.0948. The van der Waals surface area contributed by atoms with E-state index in [-0.39, 0.29) is 12.1 Å². The van der Waals surface area contributed by atoms with Crippen molar-refractivity contribution in [3.63, 3.8) is 0 Å². The van der Waals surface area contributed by atoms with Crippen molar-refractivity contribution in [1.82, 2.24) is 20.3 Å². The number of thiazole rings is 1. The van der Waals surface area contributed by atoms with Gasteiger partial charge < -0.3 is 10.3 Å². The van der Waals surface area contributed by atoms with Crippen LogP contribution in [-0.2, 0) is 6.54 Å². The highest BCUT2D eigenvalue weighted by Gasteiger charge is 2.14. The van der Waals surface area contributed by atoms with Gasteiger partial charge in [-0.2, -0.15) is 0 Å². The number of nitrogens with zero attached hydrogens (tertiary/aromatic N) is 2. The number of amides is 1. The fourth-order valence-electron chi connectivity index (χ4n) is 2.90. The summed E-state index contributed by atoms with van der Waals surface area (Å²) in [5.41, 5.74) is 3.08. The number of halogens is 1. The van der Waals surface area contributed by atoms with Crippen LogP contribution in [-0.4, -0.2) is 20.9 Å². The molecule has 1 amide bonds. The van der Waals surface area contributed by atoms with Gasteiger partial charge in [0.2, 0.25) is 0 Å². The number of rotatable bonds is 5. The molecule has 2 N–H and O–H groups in total. The second-order valence-electron chi connectivity index (χ2n) is 6.62. The lowest BCUT2D eigenvalue weighted by atomic mass is 10.1. The van der Waals surface area contributed by atoms with E-state index >= 15 is 0 Å². The van der Waals surface area contributed by atoms with Gasteiger partial charge in [-0.1, -0.05) is 35.9 Å². The summed E-state index contributed by atoms with van der Waals surface area (Å²) in [5.74, 6) is -0.132. The predicted molar refractivity (Wildman–Crippen MR) is 119 cm³/mol.